The van der Waals surface area contributed by atoms with Crippen LogP contribution in [-0.4, -0.2) is 31.3 Å². The second-order valence-corrected chi connectivity index (χ2v) is 3.31. The van der Waals surface area contributed by atoms with E-state index < -0.39 is 12.0 Å². The van der Waals surface area contributed by atoms with E-state index in [-0.39, 0.29) is 0 Å². The third-order valence-electron chi connectivity index (χ3n) is 2.16. The fourth-order valence-electron chi connectivity index (χ4n) is 1.19. The van der Waals surface area contributed by atoms with Gasteiger partial charge in [-0.15, -0.1) is 15.0 Å². The molecule has 0 radical (unpaired) electrons. The number of aromatic nitrogens is 4. The van der Waals surface area contributed by atoms with Gasteiger partial charge in [-0.2, -0.15) is 0 Å². The van der Waals surface area contributed by atoms with Crippen LogP contribution >= 0.6 is 0 Å². The Balaban J connectivity index is 2.30. The number of hydrogen-bond donors (Lipinski definition) is 1. The fourth-order valence-corrected chi connectivity index (χ4v) is 1.19. The van der Waals surface area contributed by atoms with E-state index in [0.29, 0.717) is 5.82 Å². The highest BCUT2D eigenvalue weighted by Gasteiger charge is 2.16. The van der Waals surface area contributed by atoms with Gasteiger partial charge in [-0.05, 0) is 12.1 Å². The van der Waals surface area contributed by atoms with Gasteiger partial charge < -0.3 is 5.11 Å². The zero-order chi connectivity index (χ0) is 11.5. The molecular weight excluding hydrogens is 208 g/mol. The summed E-state index contributed by atoms with van der Waals surface area (Å²) in [7, 11) is 0. The average Bonchev–Trinajstić information content (AvgIpc) is 2.78. The summed E-state index contributed by atoms with van der Waals surface area (Å²) in [5, 5.41) is 20.3. The van der Waals surface area contributed by atoms with Gasteiger partial charge in [-0.1, -0.05) is 30.3 Å². The second kappa shape index (κ2) is 4.09. The molecule has 0 aliphatic rings. The topological polar surface area (TPSA) is 80.9 Å². The van der Waals surface area contributed by atoms with Gasteiger partial charge in [0, 0.05) is 5.56 Å². The molecule has 6 heteroatoms. The molecule has 1 aromatic carbocycles. The van der Waals surface area contributed by atoms with Crippen molar-refractivity contribution in [2.24, 2.45) is 0 Å². The van der Waals surface area contributed by atoms with E-state index in [2.05, 4.69) is 15.4 Å². The quantitative estimate of drug-likeness (QED) is 0.830. The number of carboxylic acid groups (broad SMARTS) is 1. The first-order chi connectivity index (χ1) is 7.68. The minimum absolute atomic E-state index is 0.425. The molecule has 1 heterocycles. The van der Waals surface area contributed by atoms with E-state index >= 15 is 0 Å². The number of rotatable bonds is 3. The van der Waals surface area contributed by atoms with Gasteiger partial charge in [0.25, 0.3) is 0 Å². The summed E-state index contributed by atoms with van der Waals surface area (Å²) < 4.78 is 0. The SMILES string of the molecule is C[C@H](C(=O)O)n1nnc(-c2ccccc2)n1. The maximum absolute atomic E-state index is 10.7. The molecule has 6 nitrogen and oxygen atoms in total. The number of carbonyl (C=O) groups is 1. The van der Waals surface area contributed by atoms with E-state index in [9.17, 15) is 4.79 Å². The molecule has 0 amide bonds. The average molecular weight is 218 g/mol. The standard InChI is InChI=1S/C10H10N4O2/c1-7(10(15)16)14-12-9(11-13-14)8-5-3-2-4-6-8/h2-7H,1H3,(H,15,16)/t7-/m1/s1. The van der Waals surface area contributed by atoms with Crippen LogP contribution in [0.3, 0.4) is 0 Å². The van der Waals surface area contributed by atoms with E-state index in [0.717, 1.165) is 10.4 Å². The summed E-state index contributed by atoms with van der Waals surface area (Å²) in [6, 6.07) is 8.46. The monoisotopic (exact) mass is 218 g/mol. The van der Waals surface area contributed by atoms with Gasteiger partial charge in [-0.25, -0.2) is 4.79 Å². The maximum atomic E-state index is 10.7. The number of hydrogen-bond acceptors (Lipinski definition) is 4. The highest BCUT2D eigenvalue weighted by Crippen LogP contribution is 2.13. The van der Waals surface area contributed by atoms with E-state index in [1.807, 2.05) is 30.3 Å². The molecule has 0 spiro atoms. The molecule has 2 rings (SSSR count). The van der Waals surface area contributed by atoms with E-state index in [1.54, 1.807) is 0 Å². The molecular formula is C10H10N4O2. The Hall–Kier alpha value is -2.24. The largest absolute Gasteiger partial charge is 0.480 e. The Kier molecular flexibility index (Phi) is 2.63. The van der Waals surface area contributed by atoms with Crippen LogP contribution in [0.5, 0.6) is 0 Å². The van der Waals surface area contributed by atoms with Crippen LogP contribution in [0.2, 0.25) is 0 Å². The third-order valence-corrected chi connectivity index (χ3v) is 2.16. The Morgan fingerprint density at radius 3 is 2.69 bits per heavy atom. The highest BCUT2D eigenvalue weighted by atomic mass is 16.4. The molecule has 0 saturated carbocycles. The molecule has 0 saturated heterocycles. The number of nitrogens with zero attached hydrogens (tertiary/aromatic N) is 4. The molecule has 0 fully saturated rings. The summed E-state index contributed by atoms with van der Waals surface area (Å²) in [4.78, 5) is 11.8. The molecule has 0 unspecified atom stereocenters. The van der Waals surface area contributed by atoms with Crippen molar-refractivity contribution in [2.75, 3.05) is 0 Å². The summed E-state index contributed by atoms with van der Waals surface area (Å²) in [5.41, 5.74) is 0.811. The molecule has 2 aromatic rings. The lowest BCUT2D eigenvalue weighted by molar-refractivity contribution is -0.141. The summed E-state index contributed by atoms with van der Waals surface area (Å²) in [6.45, 7) is 1.50. The molecule has 0 bridgehead atoms. The fraction of sp³-hybridized carbons (Fsp3) is 0.200. The predicted molar refractivity (Wildman–Crippen MR) is 55.6 cm³/mol. The first-order valence-corrected chi connectivity index (χ1v) is 4.76. The Bertz CT molecular complexity index is 495. The van der Waals surface area contributed by atoms with Crippen LogP contribution in [0.4, 0.5) is 0 Å². The van der Waals surface area contributed by atoms with Crippen LogP contribution in [0, 0.1) is 0 Å². The Morgan fingerprint density at radius 2 is 2.06 bits per heavy atom. The van der Waals surface area contributed by atoms with Crippen LogP contribution < -0.4 is 0 Å². The van der Waals surface area contributed by atoms with Crippen LogP contribution in [0.25, 0.3) is 11.4 Å². The minimum Gasteiger partial charge on any atom is -0.480 e. The second-order valence-electron chi connectivity index (χ2n) is 3.31. The Labute approximate surface area is 91.5 Å². The van der Waals surface area contributed by atoms with Gasteiger partial charge in [-0.3, -0.25) is 0 Å². The highest BCUT2D eigenvalue weighted by molar-refractivity contribution is 5.71. The lowest BCUT2D eigenvalue weighted by Gasteiger charge is -2.01. The lowest BCUT2D eigenvalue weighted by atomic mass is 10.2. The van der Waals surface area contributed by atoms with Gasteiger partial charge in [0.1, 0.15) is 0 Å². The number of aliphatic carboxylic acids is 1. The predicted octanol–water partition coefficient (Wildman–Crippen LogP) is 0.986. The van der Waals surface area contributed by atoms with Crippen molar-refractivity contribution in [3.05, 3.63) is 30.3 Å². The van der Waals surface area contributed by atoms with Crippen molar-refractivity contribution in [3.8, 4) is 11.4 Å². The van der Waals surface area contributed by atoms with Gasteiger partial charge in [0.2, 0.25) is 5.82 Å². The molecule has 0 aliphatic heterocycles. The van der Waals surface area contributed by atoms with Crippen molar-refractivity contribution in [1.29, 1.82) is 0 Å². The van der Waals surface area contributed by atoms with Crippen LogP contribution in [0.1, 0.15) is 13.0 Å². The number of benzene rings is 1. The van der Waals surface area contributed by atoms with Crippen molar-refractivity contribution in [3.63, 3.8) is 0 Å². The molecule has 16 heavy (non-hydrogen) atoms. The van der Waals surface area contributed by atoms with Gasteiger partial charge in [0.05, 0.1) is 0 Å². The van der Waals surface area contributed by atoms with Crippen molar-refractivity contribution in [2.45, 2.75) is 13.0 Å². The smallest absolute Gasteiger partial charge is 0.330 e. The maximum Gasteiger partial charge on any atom is 0.330 e. The number of carboxylic acids is 1. The molecule has 1 atom stereocenters. The van der Waals surface area contributed by atoms with E-state index in [1.165, 1.54) is 6.92 Å². The Morgan fingerprint density at radius 1 is 1.38 bits per heavy atom. The normalized spacial score (nSPS) is 12.3. The lowest BCUT2D eigenvalue weighted by Crippen LogP contribution is -2.18. The van der Waals surface area contributed by atoms with Crippen molar-refractivity contribution < 1.29 is 9.90 Å². The molecule has 1 aromatic heterocycles. The number of tetrazole rings is 1. The first-order valence-electron chi connectivity index (χ1n) is 4.76. The van der Waals surface area contributed by atoms with Gasteiger partial charge in [0.15, 0.2) is 6.04 Å². The zero-order valence-corrected chi connectivity index (χ0v) is 8.61. The van der Waals surface area contributed by atoms with Crippen LogP contribution in [0.15, 0.2) is 30.3 Å². The zero-order valence-electron chi connectivity index (χ0n) is 8.61. The van der Waals surface area contributed by atoms with Gasteiger partial charge >= 0.3 is 5.97 Å². The van der Waals surface area contributed by atoms with E-state index in [4.69, 9.17) is 5.11 Å². The summed E-state index contributed by atoms with van der Waals surface area (Å²) >= 11 is 0. The molecule has 0 aliphatic carbocycles. The summed E-state index contributed by atoms with van der Waals surface area (Å²) in [5.74, 6) is -0.564. The van der Waals surface area contributed by atoms with Crippen molar-refractivity contribution in [1.82, 2.24) is 20.2 Å². The van der Waals surface area contributed by atoms with Crippen molar-refractivity contribution >= 4 is 5.97 Å². The molecule has 1 N–H and O–H groups in total. The van der Waals surface area contributed by atoms with Crippen LogP contribution in [-0.2, 0) is 4.79 Å². The minimum atomic E-state index is -0.989. The molecule has 82 valence electrons. The summed E-state index contributed by atoms with van der Waals surface area (Å²) in [6.07, 6.45) is 0. The first kappa shape index (κ1) is 10.3. The third kappa shape index (κ3) is 1.90.